The fraction of sp³-hybridized carbons (Fsp3) is 0.267. The fourth-order valence-corrected chi connectivity index (χ4v) is 3.30. The van der Waals surface area contributed by atoms with E-state index in [0.29, 0.717) is 16.6 Å². The van der Waals surface area contributed by atoms with Gasteiger partial charge in [0.05, 0.1) is 18.0 Å². The van der Waals surface area contributed by atoms with Gasteiger partial charge in [-0.1, -0.05) is 17.4 Å². The molecule has 0 aliphatic rings. The minimum absolute atomic E-state index is 0.215. The molecule has 0 aliphatic carbocycles. The first-order valence-electron chi connectivity index (χ1n) is 6.75. The van der Waals surface area contributed by atoms with Crippen molar-refractivity contribution in [3.8, 4) is 5.75 Å². The molecule has 2 heterocycles. The molecule has 0 aliphatic heterocycles. The number of hydrogen-bond acceptors (Lipinski definition) is 5. The van der Waals surface area contributed by atoms with Gasteiger partial charge in [0.25, 0.3) is 5.91 Å². The molecule has 3 rings (SSSR count). The number of rotatable bonds is 3. The Balaban J connectivity index is 1.98. The molecule has 1 amide bonds. The van der Waals surface area contributed by atoms with Gasteiger partial charge < -0.3 is 4.74 Å². The van der Waals surface area contributed by atoms with Crippen molar-refractivity contribution in [1.29, 1.82) is 0 Å². The molecule has 3 aromatic rings. The van der Waals surface area contributed by atoms with Crippen molar-refractivity contribution in [1.82, 2.24) is 14.8 Å². The largest absolute Gasteiger partial charge is 0.494 e. The van der Waals surface area contributed by atoms with Gasteiger partial charge in [-0.05, 0) is 31.0 Å². The molecule has 2 aromatic heterocycles. The molecule has 6 nitrogen and oxygen atoms in total. The molecule has 1 N–H and O–H groups in total. The first-order valence-corrected chi connectivity index (χ1v) is 7.57. The molecular weight excluding hydrogens is 300 g/mol. The van der Waals surface area contributed by atoms with Crippen LogP contribution in [-0.2, 0) is 7.05 Å². The number of aromatic nitrogens is 3. The van der Waals surface area contributed by atoms with Crippen molar-refractivity contribution in [2.24, 2.45) is 7.05 Å². The topological polar surface area (TPSA) is 69.0 Å². The lowest BCUT2D eigenvalue weighted by Crippen LogP contribution is -2.17. The molecule has 114 valence electrons. The van der Waals surface area contributed by atoms with Crippen LogP contribution in [0.3, 0.4) is 0 Å². The lowest BCUT2D eigenvalue weighted by atomic mass is 10.2. The second-order valence-electron chi connectivity index (χ2n) is 5.04. The summed E-state index contributed by atoms with van der Waals surface area (Å²) in [6.45, 7) is 3.87. The van der Waals surface area contributed by atoms with Gasteiger partial charge in [-0.15, -0.1) is 0 Å². The number of fused-ring (bicyclic) bond motifs is 1. The van der Waals surface area contributed by atoms with E-state index >= 15 is 0 Å². The lowest BCUT2D eigenvalue weighted by molar-refractivity contribution is 0.101. The summed E-state index contributed by atoms with van der Waals surface area (Å²) in [7, 11) is 3.36. The number of anilines is 1. The Hall–Kier alpha value is -2.41. The summed E-state index contributed by atoms with van der Waals surface area (Å²) in [6, 6.07) is 3.87. The van der Waals surface area contributed by atoms with Crippen molar-refractivity contribution in [3.05, 3.63) is 35.2 Å². The Morgan fingerprint density at radius 3 is 2.73 bits per heavy atom. The minimum Gasteiger partial charge on any atom is -0.494 e. The normalized spacial score (nSPS) is 10.9. The van der Waals surface area contributed by atoms with Crippen molar-refractivity contribution < 1.29 is 9.53 Å². The quantitative estimate of drug-likeness (QED) is 0.806. The predicted molar refractivity (Wildman–Crippen MR) is 86.8 cm³/mol. The number of benzene rings is 1. The third kappa shape index (κ3) is 2.33. The molecule has 0 atom stereocenters. The third-order valence-corrected chi connectivity index (χ3v) is 4.59. The molecular formula is C15H16N4O2S. The summed E-state index contributed by atoms with van der Waals surface area (Å²) >= 11 is 1.44. The number of amides is 1. The zero-order valence-corrected chi connectivity index (χ0v) is 13.6. The Kier molecular flexibility index (Phi) is 3.58. The second-order valence-corrected chi connectivity index (χ2v) is 6.03. The van der Waals surface area contributed by atoms with Crippen LogP contribution in [0.4, 0.5) is 5.13 Å². The standard InChI is InChI=1S/C15H16N4O2S/c1-8-5-6-10(21-4)11-13(8)22-15(17-11)18-14(20)12-9(2)7-16-19(12)3/h5-7H,1-4H3,(H,17,18,20). The van der Waals surface area contributed by atoms with Crippen LogP contribution in [0.1, 0.15) is 21.6 Å². The lowest BCUT2D eigenvalue weighted by Gasteiger charge is -2.03. The Morgan fingerprint density at radius 1 is 1.32 bits per heavy atom. The maximum Gasteiger partial charge on any atom is 0.275 e. The van der Waals surface area contributed by atoms with Gasteiger partial charge in [0.1, 0.15) is 17.0 Å². The van der Waals surface area contributed by atoms with Crippen LogP contribution >= 0.6 is 11.3 Å². The van der Waals surface area contributed by atoms with E-state index in [2.05, 4.69) is 15.4 Å². The van der Waals surface area contributed by atoms with E-state index < -0.39 is 0 Å². The van der Waals surface area contributed by atoms with E-state index in [1.807, 2.05) is 26.0 Å². The number of methoxy groups -OCH3 is 1. The number of nitrogens with zero attached hydrogens (tertiary/aromatic N) is 3. The van der Waals surface area contributed by atoms with E-state index in [9.17, 15) is 4.79 Å². The fourth-order valence-electron chi connectivity index (χ4n) is 2.36. The average Bonchev–Trinajstić information content (AvgIpc) is 3.04. The maximum absolute atomic E-state index is 12.4. The zero-order chi connectivity index (χ0) is 15.9. The molecule has 0 saturated heterocycles. The monoisotopic (exact) mass is 316 g/mol. The summed E-state index contributed by atoms with van der Waals surface area (Å²) in [5, 5.41) is 7.48. The molecule has 0 fully saturated rings. The first kappa shape index (κ1) is 14.5. The smallest absolute Gasteiger partial charge is 0.275 e. The summed E-state index contributed by atoms with van der Waals surface area (Å²) in [4.78, 5) is 16.9. The van der Waals surface area contributed by atoms with Crippen LogP contribution in [-0.4, -0.2) is 27.8 Å². The van der Waals surface area contributed by atoms with Gasteiger partial charge in [0.15, 0.2) is 5.13 Å². The van der Waals surface area contributed by atoms with Gasteiger partial charge in [0.2, 0.25) is 0 Å². The minimum atomic E-state index is -0.215. The van der Waals surface area contributed by atoms with Crippen LogP contribution in [0.25, 0.3) is 10.2 Å². The van der Waals surface area contributed by atoms with E-state index in [-0.39, 0.29) is 5.91 Å². The summed E-state index contributed by atoms with van der Waals surface area (Å²) in [5.74, 6) is 0.488. The molecule has 0 saturated carbocycles. The van der Waals surface area contributed by atoms with Gasteiger partial charge in [-0.2, -0.15) is 5.10 Å². The molecule has 1 aromatic carbocycles. The van der Waals surface area contributed by atoms with Crippen LogP contribution in [0.2, 0.25) is 0 Å². The van der Waals surface area contributed by atoms with Crippen molar-refractivity contribution in [2.45, 2.75) is 13.8 Å². The van der Waals surface area contributed by atoms with Crippen molar-refractivity contribution in [2.75, 3.05) is 12.4 Å². The van der Waals surface area contributed by atoms with Gasteiger partial charge >= 0.3 is 0 Å². The first-order chi connectivity index (χ1) is 10.5. The predicted octanol–water partition coefficient (Wildman–Crippen LogP) is 2.91. The van der Waals surface area contributed by atoms with E-state index in [1.54, 1.807) is 25.0 Å². The van der Waals surface area contributed by atoms with E-state index in [4.69, 9.17) is 4.74 Å². The average molecular weight is 316 g/mol. The summed E-state index contributed by atoms with van der Waals surface area (Å²) in [5.41, 5.74) is 3.23. The van der Waals surface area contributed by atoms with Crippen molar-refractivity contribution >= 4 is 32.6 Å². The number of hydrogen-bond donors (Lipinski definition) is 1. The number of carbonyl (C=O) groups is 1. The highest BCUT2D eigenvalue weighted by Gasteiger charge is 2.17. The number of carbonyl (C=O) groups excluding carboxylic acids is 1. The van der Waals surface area contributed by atoms with Gasteiger partial charge in [-0.3, -0.25) is 14.8 Å². The number of nitrogens with one attached hydrogen (secondary N) is 1. The second kappa shape index (κ2) is 5.42. The highest BCUT2D eigenvalue weighted by Crippen LogP contribution is 2.34. The van der Waals surface area contributed by atoms with Crippen LogP contribution in [0, 0.1) is 13.8 Å². The van der Waals surface area contributed by atoms with Crippen LogP contribution in [0.15, 0.2) is 18.3 Å². The molecule has 0 radical (unpaired) electrons. The highest BCUT2D eigenvalue weighted by molar-refractivity contribution is 7.22. The molecule has 0 spiro atoms. The number of thiazole rings is 1. The van der Waals surface area contributed by atoms with Gasteiger partial charge in [-0.25, -0.2) is 4.98 Å². The maximum atomic E-state index is 12.4. The van der Waals surface area contributed by atoms with Crippen molar-refractivity contribution in [3.63, 3.8) is 0 Å². The van der Waals surface area contributed by atoms with Crippen LogP contribution in [0.5, 0.6) is 5.75 Å². The molecule has 7 heteroatoms. The summed E-state index contributed by atoms with van der Waals surface area (Å²) in [6.07, 6.45) is 1.67. The Morgan fingerprint density at radius 2 is 2.09 bits per heavy atom. The Labute approximate surface area is 131 Å². The molecule has 0 bridgehead atoms. The van der Waals surface area contributed by atoms with E-state index in [0.717, 1.165) is 21.3 Å². The highest BCUT2D eigenvalue weighted by atomic mass is 32.1. The van der Waals surface area contributed by atoms with Crippen LogP contribution < -0.4 is 10.1 Å². The van der Waals surface area contributed by atoms with E-state index in [1.165, 1.54) is 11.3 Å². The Bertz CT molecular complexity index is 846. The number of aryl methyl sites for hydroxylation is 3. The van der Waals surface area contributed by atoms with Gasteiger partial charge in [0, 0.05) is 7.05 Å². The summed E-state index contributed by atoms with van der Waals surface area (Å²) < 4.78 is 7.90. The third-order valence-electron chi connectivity index (χ3n) is 3.48. The molecule has 22 heavy (non-hydrogen) atoms. The number of ether oxygens (including phenoxy) is 1. The SMILES string of the molecule is COc1ccc(C)c2sc(NC(=O)c3c(C)cnn3C)nc12. The zero-order valence-electron chi connectivity index (χ0n) is 12.8. The molecule has 0 unspecified atom stereocenters.